The van der Waals surface area contributed by atoms with Crippen molar-refractivity contribution in [1.82, 2.24) is 20.1 Å². The maximum atomic E-state index is 12.6. The molecule has 1 saturated heterocycles. The topological polar surface area (TPSA) is 78.7 Å². The Hall–Kier alpha value is -2.38. The lowest BCUT2D eigenvalue weighted by Gasteiger charge is -2.34. The second-order valence-corrected chi connectivity index (χ2v) is 8.04. The van der Waals surface area contributed by atoms with E-state index in [-0.39, 0.29) is 17.9 Å². The van der Waals surface area contributed by atoms with Crippen molar-refractivity contribution in [2.45, 2.75) is 39.2 Å². The number of benzene rings is 1. The van der Waals surface area contributed by atoms with Crippen LogP contribution in [-0.2, 0) is 16.0 Å². The van der Waals surface area contributed by atoms with Crippen molar-refractivity contribution in [3.05, 3.63) is 41.4 Å². The van der Waals surface area contributed by atoms with Crippen LogP contribution >= 0.6 is 11.6 Å². The van der Waals surface area contributed by atoms with Gasteiger partial charge in [-0.05, 0) is 25.5 Å². The minimum Gasteiger partial charge on any atom is -0.441 e. The number of halogens is 1. The second kappa shape index (κ2) is 10.6. The van der Waals surface area contributed by atoms with Crippen molar-refractivity contribution in [2.75, 3.05) is 32.7 Å². The normalized spacial score (nSPS) is 15.8. The smallest absolute Gasteiger partial charge is 0.234 e. The summed E-state index contributed by atoms with van der Waals surface area (Å²) in [5, 5.41) is 3.58. The molecule has 0 spiro atoms. The van der Waals surface area contributed by atoms with E-state index in [4.69, 9.17) is 16.0 Å². The molecule has 8 heteroatoms. The van der Waals surface area contributed by atoms with Gasteiger partial charge in [0.25, 0.3) is 0 Å². The fraction of sp³-hybridized carbons (Fsp3) is 0.500. The quantitative estimate of drug-likeness (QED) is 0.693. The van der Waals surface area contributed by atoms with Crippen molar-refractivity contribution >= 4 is 23.4 Å². The van der Waals surface area contributed by atoms with E-state index < -0.39 is 0 Å². The van der Waals surface area contributed by atoms with Gasteiger partial charge in [-0.2, -0.15) is 0 Å². The van der Waals surface area contributed by atoms with Gasteiger partial charge in [0.15, 0.2) is 11.7 Å². The van der Waals surface area contributed by atoms with E-state index in [1.165, 1.54) is 0 Å². The zero-order valence-corrected chi connectivity index (χ0v) is 18.3. The number of hydrogen-bond acceptors (Lipinski definition) is 5. The van der Waals surface area contributed by atoms with Gasteiger partial charge in [-0.1, -0.05) is 30.7 Å². The summed E-state index contributed by atoms with van der Waals surface area (Å²) in [6.07, 6.45) is 3.35. The summed E-state index contributed by atoms with van der Waals surface area (Å²) in [5.41, 5.74) is 0.790. The first-order valence-electron chi connectivity index (χ1n) is 10.5. The SMILES string of the molecule is CCC(C)NC(=O)CN1CCN(C(=O)CCc2ncc(-c3ccccc3Cl)o2)CC1. The van der Waals surface area contributed by atoms with E-state index in [1.54, 1.807) is 12.3 Å². The van der Waals surface area contributed by atoms with Gasteiger partial charge in [0, 0.05) is 50.6 Å². The Morgan fingerprint density at radius 1 is 1.23 bits per heavy atom. The minimum absolute atomic E-state index is 0.0438. The highest BCUT2D eigenvalue weighted by molar-refractivity contribution is 6.33. The number of oxazole rings is 1. The first-order chi connectivity index (χ1) is 14.5. The van der Waals surface area contributed by atoms with Gasteiger partial charge in [0.2, 0.25) is 11.8 Å². The van der Waals surface area contributed by atoms with E-state index in [0.717, 1.165) is 12.0 Å². The van der Waals surface area contributed by atoms with Crippen LogP contribution in [0.15, 0.2) is 34.9 Å². The molecule has 2 amide bonds. The van der Waals surface area contributed by atoms with Crippen molar-refractivity contribution < 1.29 is 14.0 Å². The van der Waals surface area contributed by atoms with Crippen LogP contribution in [0.25, 0.3) is 11.3 Å². The summed E-state index contributed by atoms with van der Waals surface area (Å²) in [5.74, 6) is 1.25. The first kappa shape index (κ1) is 22.3. The van der Waals surface area contributed by atoms with E-state index in [9.17, 15) is 9.59 Å². The van der Waals surface area contributed by atoms with Gasteiger partial charge in [-0.15, -0.1) is 0 Å². The number of hydrogen-bond donors (Lipinski definition) is 1. The standard InChI is InChI=1S/C22H29ClN4O3/c1-3-16(2)25-20(28)15-26-10-12-27(13-11-26)22(29)9-8-21-24-14-19(30-21)17-6-4-5-7-18(17)23/h4-7,14,16H,3,8-13,15H2,1-2H3,(H,25,28). The maximum absolute atomic E-state index is 12.6. The number of rotatable bonds is 8. The average Bonchev–Trinajstić information content (AvgIpc) is 3.21. The summed E-state index contributed by atoms with van der Waals surface area (Å²) >= 11 is 6.19. The molecular weight excluding hydrogens is 404 g/mol. The maximum Gasteiger partial charge on any atom is 0.234 e. The van der Waals surface area contributed by atoms with Gasteiger partial charge >= 0.3 is 0 Å². The lowest BCUT2D eigenvalue weighted by atomic mass is 10.2. The lowest BCUT2D eigenvalue weighted by Crippen LogP contribution is -2.51. The van der Waals surface area contributed by atoms with Gasteiger partial charge in [0.1, 0.15) is 0 Å². The first-order valence-corrected chi connectivity index (χ1v) is 10.8. The Kier molecular flexibility index (Phi) is 7.87. The van der Waals surface area contributed by atoms with Crippen molar-refractivity contribution in [3.8, 4) is 11.3 Å². The summed E-state index contributed by atoms with van der Waals surface area (Å²) in [4.78, 5) is 32.8. The van der Waals surface area contributed by atoms with Crippen LogP contribution in [0.3, 0.4) is 0 Å². The zero-order valence-electron chi connectivity index (χ0n) is 17.6. The van der Waals surface area contributed by atoms with Gasteiger partial charge in [0.05, 0.1) is 17.8 Å². The molecule has 1 aliphatic rings. The predicted octanol–water partition coefficient (Wildman–Crippen LogP) is 2.99. The molecule has 30 heavy (non-hydrogen) atoms. The molecule has 3 rings (SSSR count). The monoisotopic (exact) mass is 432 g/mol. The molecule has 1 unspecified atom stereocenters. The van der Waals surface area contributed by atoms with Crippen molar-refractivity contribution in [1.29, 1.82) is 0 Å². The van der Waals surface area contributed by atoms with Crippen LogP contribution < -0.4 is 5.32 Å². The molecule has 0 bridgehead atoms. The van der Waals surface area contributed by atoms with E-state index in [0.29, 0.717) is 62.2 Å². The Balaban J connectivity index is 1.42. The fourth-order valence-corrected chi connectivity index (χ4v) is 3.59. The zero-order chi connectivity index (χ0) is 21.5. The van der Waals surface area contributed by atoms with Crippen LogP contribution in [0, 0.1) is 0 Å². The van der Waals surface area contributed by atoms with Gasteiger partial charge in [-0.3, -0.25) is 14.5 Å². The highest BCUT2D eigenvalue weighted by atomic mass is 35.5. The average molecular weight is 433 g/mol. The Labute approximate surface area is 182 Å². The molecule has 2 aromatic rings. The van der Waals surface area contributed by atoms with Gasteiger partial charge in [-0.25, -0.2) is 4.98 Å². The van der Waals surface area contributed by atoms with Crippen molar-refractivity contribution in [2.24, 2.45) is 0 Å². The van der Waals surface area contributed by atoms with Crippen LogP contribution in [0.1, 0.15) is 32.6 Å². The molecule has 0 radical (unpaired) electrons. The number of nitrogens with zero attached hydrogens (tertiary/aromatic N) is 3. The van der Waals surface area contributed by atoms with E-state index in [1.807, 2.05) is 36.9 Å². The third-order valence-electron chi connectivity index (χ3n) is 5.36. The summed E-state index contributed by atoms with van der Waals surface area (Å²) < 4.78 is 5.77. The van der Waals surface area contributed by atoms with Crippen molar-refractivity contribution in [3.63, 3.8) is 0 Å². The number of aryl methyl sites for hydroxylation is 1. The molecule has 1 N–H and O–H groups in total. The highest BCUT2D eigenvalue weighted by Gasteiger charge is 2.23. The molecule has 1 fully saturated rings. The largest absolute Gasteiger partial charge is 0.441 e. The Morgan fingerprint density at radius 3 is 2.67 bits per heavy atom. The molecular formula is C22H29ClN4O3. The molecule has 7 nitrogen and oxygen atoms in total. The second-order valence-electron chi connectivity index (χ2n) is 7.63. The highest BCUT2D eigenvalue weighted by Crippen LogP contribution is 2.28. The number of aromatic nitrogens is 1. The van der Waals surface area contributed by atoms with E-state index >= 15 is 0 Å². The van der Waals surface area contributed by atoms with Crippen LogP contribution in [-0.4, -0.2) is 65.4 Å². The Morgan fingerprint density at radius 2 is 1.97 bits per heavy atom. The molecule has 162 valence electrons. The number of carbonyl (C=O) groups is 2. The van der Waals surface area contributed by atoms with E-state index in [2.05, 4.69) is 15.2 Å². The fourth-order valence-electron chi connectivity index (χ4n) is 3.36. The predicted molar refractivity (Wildman–Crippen MR) is 116 cm³/mol. The van der Waals surface area contributed by atoms with Crippen LogP contribution in [0.5, 0.6) is 0 Å². The molecule has 0 aliphatic carbocycles. The number of nitrogens with one attached hydrogen (secondary N) is 1. The molecule has 2 heterocycles. The van der Waals surface area contributed by atoms with Gasteiger partial charge < -0.3 is 14.6 Å². The summed E-state index contributed by atoms with van der Waals surface area (Å²) in [6, 6.07) is 7.62. The summed E-state index contributed by atoms with van der Waals surface area (Å²) in [7, 11) is 0. The minimum atomic E-state index is 0.0438. The molecule has 0 saturated carbocycles. The van der Waals surface area contributed by atoms with Crippen LogP contribution in [0.2, 0.25) is 5.02 Å². The van der Waals surface area contributed by atoms with Crippen LogP contribution in [0.4, 0.5) is 0 Å². The molecule has 1 aliphatic heterocycles. The number of piperazine rings is 1. The molecule has 1 atom stereocenters. The Bertz CT molecular complexity index is 862. The number of amides is 2. The summed E-state index contributed by atoms with van der Waals surface area (Å²) in [6.45, 7) is 7.10. The molecule has 1 aromatic carbocycles. The number of carbonyl (C=O) groups excluding carboxylic acids is 2. The molecule has 1 aromatic heterocycles. The third kappa shape index (κ3) is 6.06. The lowest BCUT2D eigenvalue weighted by molar-refractivity contribution is -0.133. The third-order valence-corrected chi connectivity index (χ3v) is 5.69.